The van der Waals surface area contributed by atoms with Gasteiger partial charge in [0.2, 0.25) is 0 Å². The lowest BCUT2D eigenvalue weighted by molar-refractivity contribution is 0.0469. The Kier molecular flexibility index (Phi) is 5.13. The van der Waals surface area contributed by atoms with Gasteiger partial charge in [-0.1, -0.05) is 0 Å². The highest BCUT2D eigenvalue weighted by Crippen LogP contribution is 2.27. The monoisotopic (exact) mass is 249 g/mol. The molecule has 2 aliphatic heterocycles. The average Bonchev–Trinajstić information content (AvgIpc) is 2.96. The second-order valence-corrected chi connectivity index (χ2v) is 5.05. The Morgan fingerprint density at radius 2 is 1.50 bits per heavy atom. The molecule has 0 N–H and O–H groups in total. The molecule has 0 radical (unpaired) electrons. The van der Waals surface area contributed by atoms with Gasteiger partial charge < -0.3 is 9.47 Å². The molecule has 0 aromatic carbocycles. The van der Waals surface area contributed by atoms with Gasteiger partial charge in [-0.25, -0.2) is 0 Å². The van der Waals surface area contributed by atoms with Crippen molar-refractivity contribution in [3.05, 3.63) is 0 Å². The lowest BCUT2D eigenvalue weighted by Gasteiger charge is -2.04. The Balaban J connectivity index is 1.53. The highest BCUT2D eigenvalue weighted by atomic mass is 31.1. The van der Waals surface area contributed by atoms with E-state index in [0.717, 1.165) is 38.9 Å². The molecule has 2 saturated heterocycles. The predicted octanol–water partition coefficient (Wildman–Crippen LogP) is 2.03. The smallest absolute Gasteiger partial charge is 0.376 e. The molecule has 2 aliphatic rings. The van der Waals surface area contributed by atoms with Crippen LogP contribution in [0, 0.1) is 0 Å². The zero-order valence-electron chi connectivity index (χ0n) is 9.30. The predicted molar refractivity (Wildman–Crippen MR) is 57.5 cm³/mol. The third-order valence-electron chi connectivity index (χ3n) is 2.78. The van der Waals surface area contributed by atoms with Crippen molar-refractivity contribution in [2.75, 3.05) is 26.4 Å². The Morgan fingerprint density at radius 1 is 1.00 bits per heavy atom. The van der Waals surface area contributed by atoms with Crippen LogP contribution in [0.1, 0.15) is 25.7 Å². The Morgan fingerprint density at radius 3 is 1.88 bits per heavy atom. The van der Waals surface area contributed by atoms with E-state index in [4.69, 9.17) is 18.5 Å². The maximum Gasteiger partial charge on any atom is 0.697 e. The summed E-state index contributed by atoms with van der Waals surface area (Å²) >= 11 is 0. The van der Waals surface area contributed by atoms with Gasteiger partial charge in [0.05, 0.1) is 12.2 Å². The van der Waals surface area contributed by atoms with E-state index in [1.165, 1.54) is 0 Å². The zero-order chi connectivity index (χ0) is 11.2. The van der Waals surface area contributed by atoms with E-state index in [-0.39, 0.29) is 12.2 Å². The van der Waals surface area contributed by atoms with Crippen molar-refractivity contribution >= 4 is 8.25 Å². The van der Waals surface area contributed by atoms with Gasteiger partial charge in [-0.05, 0) is 25.7 Å². The highest BCUT2D eigenvalue weighted by Gasteiger charge is 2.28. The Bertz CT molecular complexity index is 201. The minimum atomic E-state index is -2.02. The first-order valence-corrected chi connectivity index (χ1v) is 6.90. The van der Waals surface area contributed by atoms with Crippen molar-refractivity contribution in [1.82, 2.24) is 0 Å². The van der Waals surface area contributed by atoms with Crippen molar-refractivity contribution in [2.24, 2.45) is 0 Å². The van der Waals surface area contributed by atoms with Crippen molar-refractivity contribution in [3.63, 3.8) is 0 Å². The maximum absolute atomic E-state index is 11.3. The second-order valence-electron chi connectivity index (χ2n) is 4.09. The average molecular weight is 249 g/mol. The summed E-state index contributed by atoms with van der Waals surface area (Å²) < 4.78 is 32.2. The van der Waals surface area contributed by atoms with E-state index in [9.17, 15) is 4.57 Å². The van der Waals surface area contributed by atoms with Crippen LogP contribution in [0.25, 0.3) is 0 Å². The summed E-state index contributed by atoms with van der Waals surface area (Å²) in [5, 5.41) is 0. The van der Waals surface area contributed by atoms with Crippen LogP contribution in [-0.4, -0.2) is 38.6 Å². The molecule has 0 bridgehead atoms. The molecule has 2 heterocycles. The van der Waals surface area contributed by atoms with E-state index in [1.54, 1.807) is 0 Å². The molecule has 2 atom stereocenters. The molecule has 92 valence electrons. The van der Waals surface area contributed by atoms with Crippen molar-refractivity contribution in [3.8, 4) is 0 Å². The topological polar surface area (TPSA) is 54.0 Å². The lowest BCUT2D eigenvalue weighted by Crippen LogP contribution is -2.14. The summed E-state index contributed by atoms with van der Waals surface area (Å²) in [5.74, 6) is 0. The van der Waals surface area contributed by atoms with Gasteiger partial charge in [-0.3, -0.25) is 0 Å². The van der Waals surface area contributed by atoms with E-state index in [2.05, 4.69) is 0 Å². The van der Waals surface area contributed by atoms with Crippen LogP contribution < -0.4 is 0 Å². The summed E-state index contributed by atoms with van der Waals surface area (Å²) in [5.41, 5.74) is 0. The minimum Gasteiger partial charge on any atom is -0.376 e. The maximum atomic E-state index is 11.3. The van der Waals surface area contributed by atoms with Crippen molar-refractivity contribution in [1.29, 1.82) is 0 Å². The minimum absolute atomic E-state index is 0.0882. The SMILES string of the molecule is O=[P+](OCC1CCCO1)OCC1CCCO1. The fourth-order valence-corrected chi connectivity index (χ4v) is 2.53. The first-order chi connectivity index (χ1) is 7.84. The third-order valence-corrected chi connectivity index (χ3v) is 3.50. The van der Waals surface area contributed by atoms with Crippen molar-refractivity contribution < 1.29 is 23.1 Å². The lowest BCUT2D eigenvalue weighted by atomic mass is 10.2. The number of ether oxygens (including phenoxy) is 2. The van der Waals surface area contributed by atoms with Gasteiger partial charge in [0.15, 0.2) is 0 Å². The fraction of sp³-hybridized carbons (Fsp3) is 1.00. The number of hydrogen-bond donors (Lipinski definition) is 0. The molecular weight excluding hydrogens is 231 g/mol. The van der Waals surface area contributed by atoms with Crippen LogP contribution >= 0.6 is 8.25 Å². The Labute approximate surface area is 96.3 Å². The molecule has 2 fully saturated rings. The van der Waals surface area contributed by atoms with Gasteiger partial charge >= 0.3 is 8.25 Å². The molecule has 5 nitrogen and oxygen atoms in total. The first kappa shape index (κ1) is 12.4. The van der Waals surface area contributed by atoms with E-state index >= 15 is 0 Å². The quantitative estimate of drug-likeness (QED) is 0.674. The molecule has 0 aromatic heterocycles. The highest BCUT2D eigenvalue weighted by molar-refractivity contribution is 7.33. The van der Waals surface area contributed by atoms with Gasteiger partial charge in [-0.2, -0.15) is 0 Å². The number of rotatable bonds is 6. The normalized spacial score (nSPS) is 30.9. The van der Waals surface area contributed by atoms with Gasteiger partial charge in [0.1, 0.15) is 13.2 Å². The van der Waals surface area contributed by atoms with E-state index in [0.29, 0.717) is 13.2 Å². The van der Waals surface area contributed by atoms with Crippen LogP contribution in [-0.2, 0) is 23.1 Å². The molecule has 0 saturated carbocycles. The summed E-state index contributed by atoms with van der Waals surface area (Å²) in [4.78, 5) is 0. The van der Waals surface area contributed by atoms with Gasteiger partial charge in [0.25, 0.3) is 0 Å². The van der Waals surface area contributed by atoms with E-state index < -0.39 is 8.25 Å². The van der Waals surface area contributed by atoms with Crippen LogP contribution in [0.15, 0.2) is 0 Å². The molecule has 0 spiro atoms. The summed E-state index contributed by atoms with van der Waals surface area (Å²) in [6, 6.07) is 0. The van der Waals surface area contributed by atoms with E-state index in [1.807, 2.05) is 0 Å². The van der Waals surface area contributed by atoms with Crippen LogP contribution in [0.3, 0.4) is 0 Å². The van der Waals surface area contributed by atoms with Crippen LogP contribution in [0.4, 0.5) is 0 Å². The molecule has 16 heavy (non-hydrogen) atoms. The molecule has 2 rings (SSSR count). The molecule has 0 aliphatic carbocycles. The third kappa shape index (κ3) is 4.07. The molecule has 2 unspecified atom stereocenters. The summed E-state index contributed by atoms with van der Waals surface area (Å²) in [6.45, 7) is 2.28. The molecule has 6 heteroatoms. The van der Waals surface area contributed by atoms with Gasteiger partial charge in [0, 0.05) is 17.8 Å². The first-order valence-electron chi connectivity index (χ1n) is 5.81. The number of hydrogen-bond acceptors (Lipinski definition) is 5. The Hall–Kier alpha value is -0.0600. The second kappa shape index (κ2) is 6.62. The molecule has 0 amide bonds. The van der Waals surface area contributed by atoms with Gasteiger partial charge in [-0.15, -0.1) is 9.05 Å². The summed E-state index contributed by atoms with van der Waals surface area (Å²) in [6.07, 6.45) is 4.25. The van der Waals surface area contributed by atoms with Crippen LogP contribution in [0.2, 0.25) is 0 Å². The fourth-order valence-electron chi connectivity index (χ4n) is 1.88. The van der Waals surface area contributed by atoms with Crippen LogP contribution in [0.5, 0.6) is 0 Å². The molecular formula is C10H18O5P+. The van der Waals surface area contributed by atoms with Crippen molar-refractivity contribution in [2.45, 2.75) is 37.9 Å². The summed E-state index contributed by atoms with van der Waals surface area (Å²) in [7, 11) is -2.02. The standard InChI is InChI=1S/C10H18O5P/c11-16(14-7-9-3-1-5-12-9)15-8-10-4-2-6-13-10/h9-10H,1-8H2/q+1. The largest absolute Gasteiger partial charge is 0.697 e. The zero-order valence-corrected chi connectivity index (χ0v) is 10.2. The molecule has 0 aromatic rings.